The van der Waals surface area contributed by atoms with Crippen LogP contribution in [0.25, 0.3) is 10.8 Å². The molecule has 0 saturated heterocycles. The lowest BCUT2D eigenvalue weighted by molar-refractivity contribution is 0.176. The summed E-state index contributed by atoms with van der Waals surface area (Å²) < 4.78 is 15.3. The lowest BCUT2D eigenvalue weighted by Gasteiger charge is -2.25. The van der Waals surface area contributed by atoms with Crippen molar-refractivity contribution in [1.29, 1.82) is 0 Å². The summed E-state index contributed by atoms with van der Waals surface area (Å²) in [6.45, 7) is -0.0275. The van der Waals surface area contributed by atoms with E-state index in [1.807, 2.05) is 60.7 Å². The van der Waals surface area contributed by atoms with E-state index in [2.05, 4.69) is 0 Å². The Morgan fingerprint density at radius 3 is 2.24 bits per heavy atom. The van der Waals surface area contributed by atoms with Crippen LogP contribution in [0, 0.1) is 0 Å². The van der Waals surface area contributed by atoms with Crippen molar-refractivity contribution in [3.05, 3.63) is 83.9 Å². The van der Waals surface area contributed by atoms with E-state index < -0.39 is 5.67 Å². The average molecular weight is 279 g/mol. The van der Waals surface area contributed by atoms with Gasteiger partial charge in [-0.3, -0.25) is 0 Å². The van der Waals surface area contributed by atoms with Crippen molar-refractivity contribution in [3.8, 4) is 0 Å². The molecule has 1 unspecified atom stereocenters. The minimum Gasteiger partial charge on any atom is -0.327 e. The summed E-state index contributed by atoms with van der Waals surface area (Å²) in [6.07, 6.45) is 0.287. The average Bonchev–Trinajstić information content (AvgIpc) is 2.56. The number of hydrogen-bond donors (Lipinski definition) is 1. The van der Waals surface area contributed by atoms with Crippen LogP contribution in [0.3, 0.4) is 0 Å². The molecule has 0 aliphatic carbocycles. The first-order valence-electron chi connectivity index (χ1n) is 7.14. The first kappa shape index (κ1) is 13.8. The zero-order valence-electron chi connectivity index (χ0n) is 11.8. The van der Waals surface area contributed by atoms with Gasteiger partial charge in [0.25, 0.3) is 0 Å². The standard InChI is InChI=1S/C19H18FN/c20-19(14-21,17-10-2-1-3-11-17)13-16-9-6-8-15-7-4-5-12-18(15)16/h1-12H,13-14,21H2. The van der Waals surface area contributed by atoms with Crippen molar-refractivity contribution >= 4 is 10.8 Å². The molecular formula is C19H18FN. The van der Waals surface area contributed by atoms with E-state index in [0.29, 0.717) is 5.56 Å². The summed E-state index contributed by atoms with van der Waals surface area (Å²) in [6, 6.07) is 23.2. The number of nitrogens with two attached hydrogens (primary N) is 1. The van der Waals surface area contributed by atoms with Gasteiger partial charge in [0.05, 0.1) is 0 Å². The zero-order chi connectivity index (χ0) is 14.7. The second-order valence-corrected chi connectivity index (χ2v) is 5.35. The summed E-state index contributed by atoms with van der Waals surface area (Å²) in [7, 11) is 0. The molecule has 3 aromatic carbocycles. The van der Waals surface area contributed by atoms with Crippen molar-refractivity contribution in [2.75, 3.05) is 6.54 Å². The summed E-state index contributed by atoms with van der Waals surface area (Å²) >= 11 is 0. The molecule has 0 spiro atoms. The van der Waals surface area contributed by atoms with Crippen LogP contribution in [0.1, 0.15) is 11.1 Å². The molecule has 3 rings (SSSR count). The molecule has 1 nitrogen and oxygen atoms in total. The minimum absolute atomic E-state index is 0.0275. The van der Waals surface area contributed by atoms with Crippen LogP contribution in [0.2, 0.25) is 0 Å². The Labute approximate surface area is 124 Å². The van der Waals surface area contributed by atoms with Gasteiger partial charge in [0.2, 0.25) is 0 Å². The first-order valence-corrected chi connectivity index (χ1v) is 7.14. The van der Waals surface area contributed by atoms with Crippen LogP contribution in [-0.2, 0) is 12.1 Å². The highest BCUT2D eigenvalue weighted by Crippen LogP contribution is 2.31. The van der Waals surface area contributed by atoms with E-state index in [-0.39, 0.29) is 13.0 Å². The molecule has 0 fully saturated rings. The highest BCUT2D eigenvalue weighted by molar-refractivity contribution is 5.85. The number of halogens is 1. The third kappa shape index (κ3) is 2.67. The maximum absolute atomic E-state index is 15.3. The van der Waals surface area contributed by atoms with Gasteiger partial charge in [0.15, 0.2) is 5.67 Å². The van der Waals surface area contributed by atoms with Gasteiger partial charge in [0.1, 0.15) is 0 Å². The fraction of sp³-hybridized carbons (Fsp3) is 0.158. The molecule has 106 valence electrons. The third-order valence-electron chi connectivity index (χ3n) is 3.97. The van der Waals surface area contributed by atoms with Crippen LogP contribution in [-0.4, -0.2) is 6.54 Å². The van der Waals surface area contributed by atoms with Crippen molar-refractivity contribution in [3.63, 3.8) is 0 Å². The monoisotopic (exact) mass is 279 g/mol. The van der Waals surface area contributed by atoms with E-state index in [9.17, 15) is 0 Å². The SMILES string of the molecule is NCC(F)(Cc1cccc2ccccc12)c1ccccc1. The lowest BCUT2D eigenvalue weighted by atomic mass is 9.87. The summed E-state index contributed by atoms with van der Waals surface area (Å²) in [4.78, 5) is 0. The molecule has 1 atom stereocenters. The van der Waals surface area contributed by atoms with Crippen molar-refractivity contribution in [2.45, 2.75) is 12.1 Å². The van der Waals surface area contributed by atoms with Gasteiger partial charge in [-0.25, -0.2) is 4.39 Å². The topological polar surface area (TPSA) is 26.0 Å². The normalized spacial score (nSPS) is 14.0. The van der Waals surface area contributed by atoms with Crippen LogP contribution >= 0.6 is 0 Å². The Hall–Kier alpha value is -2.19. The van der Waals surface area contributed by atoms with Gasteiger partial charge in [-0.1, -0.05) is 72.8 Å². The Morgan fingerprint density at radius 2 is 1.48 bits per heavy atom. The van der Waals surface area contributed by atoms with E-state index in [0.717, 1.165) is 16.3 Å². The van der Waals surface area contributed by atoms with Crippen LogP contribution in [0.15, 0.2) is 72.8 Å². The smallest absolute Gasteiger partial charge is 0.152 e. The largest absolute Gasteiger partial charge is 0.327 e. The Balaban J connectivity index is 2.04. The van der Waals surface area contributed by atoms with Gasteiger partial charge in [0, 0.05) is 13.0 Å². The van der Waals surface area contributed by atoms with Crippen molar-refractivity contribution in [2.24, 2.45) is 5.73 Å². The molecule has 0 aromatic heterocycles. The molecule has 0 aliphatic heterocycles. The fourth-order valence-corrected chi connectivity index (χ4v) is 2.78. The molecule has 0 radical (unpaired) electrons. The molecular weight excluding hydrogens is 261 g/mol. The van der Waals surface area contributed by atoms with Crippen molar-refractivity contribution < 1.29 is 4.39 Å². The number of rotatable bonds is 4. The highest BCUT2D eigenvalue weighted by atomic mass is 19.1. The number of hydrogen-bond acceptors (Lipinski definition) is 1. The quantitative estimate of drug-likeness (QED) is 0.760. The zero-order valence-corrected chi connectivity index (χ0v) is 11.8. The maximum Gasteiger partial charge on any atom is 0.152 e. The first-order chi connectivity index (χ1) is 10.2. The van der Waals surface area contributed by atoms with E-state index in [1.165, 1.54) is 0 Å². The Bertz CT molecular complexity index is 733. The summed E-state index contributed by atoms with van der Waals surface area (Å²) in [5.74, 6) is 0. The van der Waals surface area contributed by atoms with E-state index >= 15 is 4.39 Å². The van der Waals surface area contributed by atoms with Crippen molar-refractivity contribution in [1.82, 2.24) is 0 Å². The number of fused-ring (bicyclic) bond motifs is 1. The molecule has 2 N–H and O–H groups in total. The molecule has 2 heteroatoms. The molecule has 3 aromatic rings. The predicted molar refractivity (Wildman–Crippen MR) is 85.9 cm³/mol. The van der Waals surface area contributed by atoms with Gasteiger partial charge >= 0.3 is 0 Å². The molecule has 0 amide bonds. The predicted octanol–water partition coefficient (Wildman–Crippen LogP) is 4.21. The molecule has 0 bridgehead atoms. The fourth-order valence-electron chi connectivity index (χ4n) is 2.78. The van der Waals surface area contributed by atoms with E-state index in [1.54, 1.807) is 12.1 Å². The van der Waals surface area contributed by atoms with Gasteiger partial charge < -0.3 is 5.73 Å². The molecule has 0 heterocycles. The minimum atomic E-state index is -1.54. The summed E-state index contributed by atoms with van der Waals surface area (Å²) in [5, 5.41) is 2.22. The van der Waals surface area contributed by atoms with Crippen LogP contribution < -0.4 is 5.73 Å². The van der Waals surface area contributed by atoms with Crippen LogP contribution in [0.4, 0.5) is 4.39 Å². The van der Waals surface area contributed by atoms with Gasteiger partial charge in [-0.15, -0.1) is 0 Å². The second kappa shape index (κ2) is 5.66. The van der Waals surface area contributed by atoms with E-state index in [4.69, 9.17) is 5.73 Å². The molecule has 0 aliphatic rings. The van der Waals surface area contributed by atoms with Crippen LogP contribution in [0.5, 0.6) is 0 Å². The Morgan fingerprint density at radius 1 is 0.810 bits per heavy atom. The number of alkyl halides is 1. The van der Waals surface area contributed by atoms with Gasteiger partial charge in [-0.05, 0) is 21.9 Å². The summed E-state index contributed by atoms with van der Waals surface area (Å²) in [5.41, 5.74) is 5.85. The highest BCUT2D eigenvalue weighted by Gasteiger charge is 2.31. The third-order valence-corrected chi connectivity index (χ3v) is 3.97. The molecule has 0 saturated carbocycles. The number of benzene rings is 3. The maximum atomic E-state index is 15.3. The Kier molecular flexibility index (Phi) is 3.72. The second-order valence-electron chi connectivity index (χ2n) is 5.35. The van der Waals surface area contributed by atoms with Gasteiger partial charge in [-0.2, -0.15) is 0 Å². The lowest BCUT2D eigenvalue weighted by Crippen LogP contribution is -2.32. The molecule has 21 heavy (non-hydrogen) atoms.